The molecule has 0 bridgehead atoms. The summed E-state index contributed by atoms with van der Waals surface area (Å²) in [5.41, 5.74) is 0. The number of pyridine rings is 1. The first-order valence-electron chi connectivity index (χ1n) is 5.89. The molecule has 0 spiro atoms. The predicted molar refractivity (Wildman–Crippen MR) is 68.0 cm³/mol. The van der Waals surface area contributed by atoms with Crippen LogP contribution in [-0.2, 0) is 0 Å². The van der Waals surface area contributed by atoms with Crippen LogP contribution in [0.3, 0.4) is 0 Å². The molecule has 1 aliphatic rings. The minimum absolute atomic E-state index is 0.500. The number of nitrogens with one attached hydrogen (secondary N) is 1. The summed E-state index contributed by atoms with van der Waals surface area (Å²) in [6.45, 7) is 5.66. The van der Waals surface area contributed by atoms with Crippen LogP contribution < -0.4 is 5.32 Å². The van der Waals surface area contributed by atoms with Crippen LogP contribution in [0.25, 0.3) is 0 Å². The van der Waals surface area contributed by atoms with Gasteiger partial charge in [-0.15, -0.1) is 0 Å². The second-order valence-corrected chi connectivity index (χ2v) is 4.61. The summed E-state index contributed by atoms with van der Waals surface area (Å²) in [6.07, 6.45) is 2.47. The molecule has 1 aromatic rings. The van der Waals surface area contributed by atoms with Crippen LogP contribution >= 0.6 is 11.6 Å². The van der Waals surface area contributed by atoms with Crippen LogP contribution in [0.1, 0.15) is 19.8 Å². The summed E-state index contributed by atoms with van der Waals surface area (Å²) in [5, 5.41) is 4.00. The number of nitrogens with zero attached hydrogens (tertiary/aromatic N) is 2. The minimum atomic E-state index is 0.500. The van der Waals surface area contributed by atoms with Gasteiger partial charge >= 0.3 is 0 Å². The van der Waals surface area contributed by atoms with E-state index in [4.69, 9.17) is 11.6 Å². The Hall–Kier alpha value is -0.800. The fourth-order valence-electron chi connectivity index (χ4n) is 2.16. The lowest BCUT2D eigenvalue weighted by atomic mass is 10.1. The van der Waals surface area contributed by atoms with Crippen molar-refractivity contribution in [2.45, 2.75) is 25.8 Å². The highest BCUT2D eigenvalue weighted by molar-refractivity contribution is 6.29. The van der Waals surface area contributed by atoms with Gasteiger partial charge in [0.25, 0.3) is 0 Å². The monoisotopic (exact) mass is 239 g/mol. The number of likely N-dealkylation sites (tertiary alicyclic amines) is 1. The normalized spacial score (nSPS) is 22.0. The van der Waals surface area contributed by atoms with E-state index in [1.54, 1.807) is 6.07 Å². The summed E-state index contributed by atoms with van der Waals surface area (Å²) in [4.78, 5) is 6.72. The molecule has 2 heterocycles. The number of hydrogen-bond acceptors (Lipinski definition) is 3. The fraction of sp³-hybridized carbons (Fsp3) is 0.583. The second-order valence-electron chi connectivity index (χ2n) is 4.22. The predicted octanol–water partition coefficient (Wildman–Crippen LogP) is 2.63. The van der Waals surface area contributed by atoms with Crippen molar-refractivity contribution in [2.75, 3.05) is 25.0 Å². The van der Waals surface area contributed by atoms with Gasteiger partial charge in [-0.25, -0.2) is 4.98 Å². The van der Waals surface area contributed by atoms with Crippen molar-refractivity contribution in [3.63, 3.8) is 0 Å². The van der Waals surface area contributed by atoms with E-state index in [-0.39, 0.29) is 0 Å². The lowest BCUT2D eigenvalue weighted by molar-refractivity contribution is 0.226. The number of hydrogen-bond donors (Lipinski definition) is 1. The van der Waals surface area contributed by atoms with Crippen molar-refractivity contribution in [3.8, 4) is 0 Å². The zero-order chi connectivity index (χ0) is 11.4. The Kier molecular flexibility index (Phi) is 4.02. The molecule has 0 amide bonds. The molecule has 1 aliphatic heterocycles. The summed E-state index contributed by atoms with van der Waals surface area (Å²) in [6, 6.07) is 6.19. The maximum atomic E-state index is 5.86. The standard InChI is InChI=1S/C12H18ClN3/c1-2-16-8-4-5-10(9-16)14-12-7-3-6-11(13)15-12/h3,6-7,10H,2,4-5,8-9H2,1H3,(H,14,15). The average molecular weight is 240 g/mol. The molecule has 88 valence electrons. The van der Waals surface area contributed by atoms with Crippen molar-refractivity contribution in [1.82, 2.24) is 9.88 Å². The van der Waals surface area contributed by atoms with Crippen LogP contribution in [0.4, 0.5) is 5.82 Å². The Balaban J connectivity index is 1.94. The van der Waals surface area contributed by atoms with E-state index >= 15 is 0 Å². The van der Waals surface area contributed by atoms with Crippen LogP contribution in [0.15, 0.2) is 18.2 Å². The van der Waals surface area contributed by atoms with E-state index in [1.165, 1.54) is 19.4 Å². The van der Waals surface area contributed by atoms with Gasteiger partial charge in [-0.05, 0) is 38.1 Å². The van der Waals surface area contributed by atoms with Crippen LogP contribution in [0, 0.1) is 0 Å². The van der Waals surface area contributed by atoms with E-state index in [9.17, 15) is 0 Å². The number of likely N-dealkylation sites (N-methyl/N-ethyl adjacent to an activating group) is 1. The van der Waals surface area contributed by atoms with Gasteiger partial charge in [0, 0.05) is 12.6 Å². The van der Waals surface area contributed by atoms with Gasteiger partial charge in [0.2, 0.25) is 0 Å². The molecule has 0 saturated carbocycles. The third kappa shape index (κ3) is 3.09. The van der Waals surface area contributed by atoms with Gasteiger partial charge in [0.1, 0.15) is 11.0 Å². The molecule has 1 fully saturated rings. The number of aromatic nitrogens is 1. The largest absolute Gasteiger partial charge is 0.366 e. The summed E-state index contributed by atoms with van der Waals surface area (Å²) in [5.74, 6) is 0.885. The van der Waals surface area contributed by atoms with Gasteiger partial charge in [-0.2, -0.15) is 0 Å². The molecule has 0 radical (unpaired) electrons. The smallest absolute Gasteiger partial charge is 0.131 e. The summed E-state index contributed by atoms with van der Waals surface area (Å²) in [7, 11) is 0. The van der Waals surface area contributed by atoms with E-state index in [0.29, 0.717) is 11.2 Å². The highest BCUT2D eigenvalue weighted by atomic mass is 35.5. The number of halogens is 1. The zero-order valence-corrected chi connectivity index (χ0v) is 10.4. The first-order chi connectivity index (χ1) is 7.78. The minimum Gasteiger partial charge on any atom is -0.366 e. The number of anilines is 1. The highest BCUT2D eigenvalue weighted by Gasteiger charge is 2.18. The van der Waals surface area contributed by atoms with Gasteiger partial charge < -0.3 is 10.2 Å². The van der Waals surface area contributed by atoms with Crippen molar-refractivity contribution in [3.05, 3.63) is 23.4 Å². The topological polar surface area (TPSA) is 28.2 Å². The van der Waals surface area contributed by atoms with Gasteiger partial charge in [0.05, 0.1) is 0 Å². The first-order valence-corrected chi connectivity index (χ1v) is 6.27. The van der Waals surface area contributed by atoms with Crippen molar-refractivity contribution < 1.29 is 0 Å². The lowest BCUT2D eigenvalue weighted by Gasteiger charge is -2.32. The Morgan fingerprint density at radius 1 is 1.56 bits per heavy atom. The molecule has 0 aliphatic carbocycles. The van der Waals surface area contributed by atoms with E-state index < -0.39 is 0 Å². The quantitative estimate of drug-likeness (QED) is 0.822. The maximum Gasteiger partial charge on any atom is 0.131 e. The van der Waals surface area contributed by atoms with Gasteiger partial charge in [-0.1, -0.05) is 24.6 Å². The molecular formula is C12H18ClN3. The van der Waals surface area contributed by atoms with Gasteiger partial charge in [0.15, 0.2) is 0 Å². The Morgan fingerprint density at radius 3 is 3.19 bits per heavy atom. The molecule has 0 aromatic carbocycles. The van der Waals surface area contributed by atoms with Gasteiger partial charge in [-0.3, -0.25) is 0 Å². The van der Waals surface area contributed by atoms with Crippen molar-refractivity contribution in [1.29, 1.82) is 0 Å². The molecule has 1 atom stereocenters. The molecule has 3 nitrogen and oxygen atoms in total. The Morgan fingerprint density at radius 2 is 2.44 bits per heavy atom. The lowest BCUT2D eigenvalue weighted by Crippen LogP contribution is -2.41. The summed E-state index contributed by atoms with van der Waals surface area (Å²) < 4.78 is 0. The fourth-order valence-corrected chi connectivity index (χ4v) is 2.32. The van der Waals surface area contributed by atoms with E-state index in [2.05, 4.69) is 22.1 Å². The molecule has 1 aromatic heterocycles. The number of rotatable bonds is 3. The van der Waals surface area contributed by atoms with Crippen LogP contribution in [0.5, 0.6) is 0 Å². The maximum absolute atomic E-state index is 5.86. The molecule has 1 saturated heterocycles. The number of piperidine rings is 1. The molecule has 2 rings (SSSR count). The molecule has 16 heavy (non-hydrogen) atoms. The van der Waals surface area contributed by atoms with E-state index in [1.807, 2.05) is 12.1 Å². The third-order valence-electron chi connectivity index (χ3n) is 3.02. The highest BCUT2D eigenvalue weighted by Crippen LogP contribution is 2.15. The first kappa shape index (κ1) is 11.7. The molecule has 4 heteroatoms. The third-order valence-corrected chi connectivity index (χ3v) is 3.23. The average Bonchev–Trinajstić information content (AvgIpc) is 2.29. The zero-order valence-electron chi connectivity index (χ0n) is 9.62. The molecule has 1 unspecified atom stereocenters. The van der Waals surface area contributed by atoms with Crippen molar-refractivity contribution >= 4 is 17.4 Å². The second kappa shape index (κ2) is 5.51. The van der Waals surface area contributed by atoms with Crippen LogP contribution in [0.2, 0.25) is 5.15 Å². The van der Waals surface area contributed by atoms with Crippen molar-refractivity contribution in [2.24, 2.45) is 0 Å². The Bertz CT molecular complexity index is 343. The molecule has 1 N–H and O–H groups in total. The Labute approximate surface area is 102 Å². The van der Waals surface area contributed by atoms with Crippen LogP contribution in [-0.4, -0.2) is 35.6 Å². The summed E-state index contributed by atoms with van der Waals surface area (Å²) >= 11 is 5.86. The molecular weight excluding hydrogens is 222 g/mol. The van der Waals surface area contributed by atoms with E-state index in [0.717, 1.165) is 18.9 Å². The SMILES string of the molecule is CCN1CCCC(Nc2cccc(Cl)n2)C1.